The second-order valence-corrected chi connectivity index (χ2v) is 4.74. The molecule has 0 saturated carbocycles. The quantitative estimate of drug-likeness (QED) is 0.782. The first-order valence-electron chi connectivity index (χ1n) is 6.51. The van der Waals surface area contributed by atoms with Crippen molar-refractivity contribution in [2.24, 2.45) is 0 Å². The van der Waals surface area contributed by atoms with E-state index in [1.165, 1.54) is 4.40 Å². The Kier molecular flexibility index (Phi) is 3.17. The van der Waals surface area contributed by atoms with E-state index < -0.39 is 0 Å². The Balaban J connectivity index is 2.29. The fraction of sp³-hybridized carbons (Fsp3) is 0.0588. The van der Waals surface area contributed by atoms with Crippen LogP contribution < -0.4 is 5.56 Å². The molecule has 21 heavy (non-hydrogen) atoms. The maximum atomic E-state index is 12.5. The third-order valence-electron chi connectivity index (χ3n) is 3.45. The van der Waals surface area contributed by atoms with Gasteiger partial charge in [0.15, 0.2) is 0 Å². The molecule has 2 aromatic heterocycles. The van der Waals surface area contributed by atoms with Crippen LogP contribution in [0.2, 0.25) is 0 Å². The van der Waals surface area contributed by atoms with E-state index in [1.807, 2.05) is 36.4 Å². The van der Waals surface area contributed by atoms with Gasteiger partial charge < -0.3 is 5.11 Å². The van der Waals surface area contributed by atoms with Crippen LogP contribution >= 0.6 is 0 Å². The Morgan fingerprint density at radius 3 is 2.52 bits per heavy atom. The molecule has 0 atom stereocenters. The number of rotatable bonds is 2. The number of fused-ring (bicyclic) bond motifs is 1. The van der Waals surface area contributed by atoms with Crippen molar-refractivity contribution in [2.45, 2.75) is 6.42 Å². The van der Waals surface area contributed by atoms with Crippen LogP contribution in [0.15, 0.2) is 59.5 Å². The minimum absolute atomic E-state index is 0.126. The second kappa shape index (κ2) is 5.14. The molecular formula is C17H12N2O2. The van der Waals surface area contributed by atoms with Crippen LogP contribution in [-0.4, -0.2) is 9.51 Å². The minimum Gasteiger partial charge on any atom is -0.506 e. The van der Waals surface area contributed by atoms with Crippen LogP contribution in [0.1, 0.15) is 16.7 Å². The lowest BCUT2D eigenvalue weighted by Crippen LogP contribution is -2.19. The lowest BCUT2D eigenvalue weighted by Gasteiger charge is -2.10. The van der Waals surface area contributed by atoms with E-state index >= 15 is 0 Å². The summed E-state index contributed by atoms with van der Waals surface area (Å²) < 4.78 is 1.40. The number of hydrogen-bond acceptors (Lipinski definition) is 3. The van der Waals surface area contributed by atoms with Gasteiger partial charge >= 0.3 is 0 Å². The lowest BCUT2D eigenvalue weighted by molar-refractivity contribution is 0.466. The molecular weight excluding hydrogens is 264 g/mol. The zero-order chi connectivity index (χ0) is 14.8. The fourth-order valence-corrected chi connectivity index (χ4v) is 2.41. The van der Waals surface area contributed by atoms with Gasteiger partial charge in [-0.1, -0.05) is 36.4 Å². The van der Waals surface area contributed by atoms with Gasteiger partial charge in [-0.3, -0.25) is 9.20 Å². The zero-order valence-electron chi connectivity index (χ0n) is 11.2. The van der Waals surface area contributed by atoms with Gasteiger partial charge in [-0.2, -0.15) is 5.26 Å². The van der Waals surface area contributed by atoms with Crippen molar-refractivity contribution in [1.82, 2.24) is 4.40 Å². The normalized spacial score (nSPS) is 10.4. The van der Waals surface area contributed by atoms with Crippen LogP contribution in [0.25, 0.3) is 5.52 Å². The van der Waals surface area contributed by atoms with Crippen LogP contribution in [0.3, 0.4) is 0 Å². The predicted octanol–water partition coefficient (Wildman–Crippen LogP) is 2.47. The molecule has 3 rings (SSSR count). The molecule has 0 saturated heterocycles. The van der Waals surface area contributed by atoms with E-state index in [4.69, 9.17) is 0 Å². The number of hydrogen-bond donors (Lipinski definition) is 1. The molecule has 3 aromatic rings. The molecule has 0 unspecified atom stereocenters. The molecule has 4 nitrogen and oxygen atoms in total. The van der Waals surface area contributed by atoms with Gasteiger partial charge in [0, 0.05) is 12.6 Å². The Bertz CT molecular complexity index is 906. The van der Waals surface area contributed by atoms with Gasteiger partial charge in [-0.05, 0) is 17.7 Å². The second-order valence-electron chi connectivity index (χ2n) is 4.74. The monoisotopic (exact) mass is 276 g/mol. The summed E-state index contributed by atoms with van der Waals surface area (Å²) in [6, 6.07) is 16.5. The molecule has 0 aliphatic rings. The Morgan fingerprint density at radius 2 is 1.81 bits per heavy atom. The largest absolute Gasteiger partial charge is 0.506 e. The van der Waals surface area contributed by atoms with Crippen molar-refractivity contribution >= 4 is 5.52 Å². The SMILES string of the molecule is N#Cc1c(O)c(Cc2ccccc2)c(=O)n2ccccc12. The highest BCUT2D eigenvalue weighted by Crippen LogP contribution is 2.25. The Labute approximate surface area is 121 Å². The number of benzene rings is 1. The van der Waals surface area contributed by atoms with E-state index in [1.54, 1.807) is 24.4 Å². The molecule has 0 fully saturated rings. The molecule has 0 radical (unpaired) electrons. The summed E-state index contributed by atoms with van der Waals surface area (Å²) in [5.41, 5.74) is 1.39. The van der Waals surface area contributed by atoms with E-state index in [0.717, 1.165) is 5.56 Å². The highest BCUT2D eigenvalue weighted by atomic mass is 16.3. The molecule has 1 N–H and O–H groups in total. The van der Waals surface area contributed by atoms with Crippen molar-refractivity contribution in [3.63, 3.8) is 0 Å². The van der Waals surface area contributed by atoms with Crippen molar-refractivity contribution < 1.29 is 5.11 Å². The molecule has 4 heteroatoms. The van der Waals surface area contributed by atoms with Crippen molar-refractivity contribution in [3.8, 4) is 11.8 Å². The topological polar surface area (TPSA) is 65.5 Å². The molecule has 0 aliphatic carbocycles. The summed E-state index contributed by atoms with van der Waals surface area (Å²) in [6.07, 6.45) is 1.89. The third kappa shape index (κ3) is 2.15. The summed E-state index contributed by atoms with van der Waals surface area (Å²) >= 11 is 0. The number of pyridine rings is 2. The summed E-state index contributed by atoms with van der Waals surface area (Å²) in [5.74, 6) is -0.224. The summed E-state index contributed by atoms with van der Waals surface area (Å²) in [7, 11) is 0. The molecule has 102 valence electrons. The fourth-order valence-electron chi connectivity index (χ4n) is 2.41. The molecule has 0 amide bonds. The summed E-state index contributed by atoms with van der Waals surface area (Å²) in [4.78, 5) is 12.5. The molecule has 1 aromatic carbocycles. The van der Waals surface area contributed by atoms with Crippen LogP contribution in [0, 0.1) is 11.3 Å². The molecule has 2 heterocycles. The van der Waals surface area contributed by atoms with Gasteiger partial charge in [0.1, 0.15) is 17.4 Å². The van der Waals surface area contributed by atoms with Gasteiger partial charge in [0.2, 0.25) is 0 Å². The Morgan fingerprint density at radius 1 is 1.10 bits per heavy atom. The maximum Gasteiger partial charge on any atom is 0.262 e. The van der Waals surface area contributed by atoms with Crippen molar-refractivity contribution in [1.29, 1.82) is 5.26 Å². The zero-order valence-corrected chi connectivity index (χ0v) is 11.2. The number of aromatic nitrogens is 1. The average molecular weight is 276 g/mol. The number of aromatic hydroxyl groups is 1. The van der Waals surface area contributed by atoms with Gasteiger partial charge in [0.25, 0.3) is 5.56 Å². The van der Waals surface area contributed by atoms with Crippen LogP contribution in [0.4, 0.5) is 0 Å². The van der Waals surface area contributed by atoms with Crippen LogP contribution in [-0.2, 0) is 6.42 Å². The summed E-state index contributed by atoms with van der Waals surface area (Å²) in [6.45, 7) is 0. The molecule has 0 spiro atoms. The van der Waals surface area contributed by atoms with Gasteiger partial charge in [-0.15, -0.1) is 0 Å². The van der Waals surface area contributed by atoms with E-state index in [2.05, 4.69) is 0 Å². The van der Waals surface area contributed by atoms with E-state index in [-0.39, 0.29) is 28.9 Å². The first-order chi connectivity index (χ1) is 10.2. The smallest absolute Gasteiger partial charge is 0.262 e. The first kappa shape index (κ1) is 12.9. The standard InChI is InChI=1S/C17H12N2O2/c18-11-14-15-8-4-5-9-19(15)17(21)13(16(14)20)10-12-6-2-1-3-7-12/h1-9,20H,10H2. The highest BCUT2D eigenvalue weighted by Gasteiger charge is 2.17. The van der Waals surface area contributed by atoms with Gasteiger partial charge in [-0.25, -0.2) is 0 Å². The van der Waals surface area contributed by atoms with Crippen LogP contribution in [0.5, 0.6) is 5.75 Å². The van der Waals surface area contributed by atoms with E-state index in [0.29, 0.717) is 5.52 Å². The van der Waals surface area contributed by atoms with Crippen molar-refractivity contribution in [2.75, 3.05) is 0 Å². The third-order valence-corrected chi connectivity index (χ3v) is 3.45. The molecule has 0 bridgehead atoms. The average Bonchev–Trinajstić information content (AvgIpc) is 2.53. The minimum atomic E-state index is -0.300. The molecule has 0 aliphatic heterocycles. The van der Waals surface area contributed by atoms with E-state index in [9.17, 15) is 15.2 Å². The number of nitriles is 1. The number of nitrogens with zero attached hydrogens (tertiary/aromatic N) is 2. The highest BCUT2D eigenvalue weighted by molar-refractivity contribution is 5.67. The predicted molar refractivity (Wildman–Crippen MR) is 79.3 cm³/mol. The summed E-state index contributed by atoms with van der Waals surface area (Å²) in [5, 5.41) is 19.6. The Hall–Kier alpha value is -3.06. The first-order valence-corrected chi connectivity index (χ1v) is 6.51. The van der Waals surface area contributed by atoms with Crippen molar-refractivity contribution in [3.05, 3.63) is 81.8 Å². The maximum absolute atomic E-state index is 12.5. The van der Waals surface area contributed by atoms with Gasteiger partial charge in [0.05, 0.1) is 11.1 Å². The lowest BCUT2D eigenvalue weighted by atomic mass is 10.0.